The van der Waals surface area contributed by atoms with Gasteiger partial charge >= 0.3 is 0 Å². The largest absolute Gasteiger partial charge is 0.369 e. The molecule has 2 heterocycles. The Balaban J connectivity index is 2.02. The molecule has 0 bridgehead atoms. The van der Waals surface area contributed by atoms with Gasteiger partial charge in [-0.1, -0.05) is 0 Å². The highest BCUT2D eigenvalue weighted by Gasteiger charge is 2.17. The van der Waals surface area contributed by atoms with Gasteiger partial charge in [-0.2, -0.15) is 0 Å². The van der Waals surface area contributed by atoms with Crippen molar-refractivity contribution in [3.63, 3.8) is 0 Å². The molecular weight excluding hydrogens is 262 g/mol. The number of nitrogens with zero attached hydrogens (tertiary/aromatic N) is 2. The zero-order valence-corrected chi connectivity index (χ0v) is 11.0. The van der Waals surface area contributed by atoms with Gasteiger partial charge in [0.2, 0.25) is 0 Å². The first-order valence-corrected chi connectivity index (χ1v) is 6.46. The molecule has 8 nitrogen and oxygen atoms in total. The van der Waals surface area contributed by atoms with Crippen molar-refractivity contribution in [2.45, 2.75) is 12.8 Å². The van der Waals surface area contributed by atoms with E-state index < -0.39 is 10.8 Å². The van der Waals surface area contributed by atoms with Crippen molar-refractivity contribution in [3.05, 3.63) is 27.9 Å². The lowest BCUT2D eigenvalue weighted by molar-refractivity contribution is -0.385. The molecule has 0 saturated carbocycles. The van der Waals surface area contributed by atoms with E-state index in [9.17, 15) is 14.9 Å². The van der Waals surface area contributed by atoms with Gasteiger partial charge in [-0.3, -0.25) is 14.9 Å². The minimum Gasteiger partial charge on any atom is -0.369 e. The lowest BCUT2D eigenvalue weighted by Crippen LogP contribution is -2.18. The number of aromatic nitrogens is 1. The molecule has 1 fully saturated rings. The molecule has 1 aromatic heterocycles. The fourth-order valence-corrected chi connectivity index (χ4v) is 2.24. The van der Waals surface area contributed by atoms with Gasteiger partial charge in [-0.15, -0.1) is 0 Å². The van der Waals surface area contributed by atoms with E-state index in [4.69, 9.17) is 5.73 Å². The molecular formula is C12H17N5O3. The summed E-state index contributed by atoms with van der Waals surface area (Å²) >= 11 is 0. The van der Waals surface area contributed by atoms with E-state index in [2.05, 4.69) is 15.6 Å². The molecule has 1 atom stereocenters. The predicted octanol–water partition coefficient (Wildman–Crippen LogP) is 0.500. The molecule has 1 saturated heterocycles. The molecule has 1 unspecified atom stereocenters. The summed E-state index contributed by atoms with van der Waals surface area (Å²) in [5.74, 6) is 0.179. The van der Waals surface area contributed by atoms with Crippen molar-refractivity contribution in [2.75, 3.05) is 25.0 Å². The van der Waals surface area contributed by atoms with Crippen molar-refractivity contribution in [2.24, 2.45) is 11.7 Å². The normalized spacial score (nSPS) is 17.9. The van der Waals surface area contributed by atoms with Gasteiger partial charge in [0.15, 0.2) is 0 Å². The van der Waals surface area contributed by atoms with E-state index in [1.165, 1.54) is 0 Å². The topological polar surface area (TPSA) is 123 Å². The van der Waals surface area contributed by atoms with E-state index in [0.717, 1.165) is 38.2 Å². The molecule has 20 heavy (non-hydrogen) atoms. The molecule has 8 heteroatoms. The number of rotatable bonds is 6. The maximum Gasteiger partial charge on any atom is 0.288 e. The summed E-state index contributed by atoms with van der Waals surface area (Å²) < 4.78 is 0. The quantitative estimate of drug-likeness (QED) is 0.514. The SMILES string of the molecule is NC(=O)c1cc([N+](=O)[O-])cnc1NCCC1CCNC1. The monoisotopic (exact) mass is 279 g/mol. The van der Waals surface area contributed by atoms with E-state index in [0.29, 0.717) is 18.3 Å². The summed E-state index contributed by atoms with van der Waals surface area (Å²) in [5, 5.41) is 17.0. The Hall–Kier alpha value is -2.22. The molecule has 0 spiro atoms. The van der Waals surface area contributed by atoms with Crippen LogP contribution in [0.15, 0.2) is 12.3 Å². The standard InChI is InChI=1S/C12H17N5O3/c13-11(18)10-5-9(17(19)20)7-16-12(10)15-4-2-8-1-3-14-6-8/h5,7-8,14H,1-4,6H2,(H2,13,18)(H,15,16). The third kappa shape index (κ3) is 3.41. The summed E-state index contributed by atoms with van der Waals surface area (Å²) in [7, 11) is 0. The van der Waals surface area contributed by atoms with Crippen LogP contribution in [0.25, 0.3) is 0 Å². The highest BCUT2D eigenvalue weighted by molar-refractivity contribution is 5.98. The van der Waals surface area contributed by atoms with Crippen molar-refractivity contribution in [1.29, 1.82) is 0 Å². The maximum atomic E-state index is 11.3. The lowest BCUT2D eigenvalue weighted by atomic mass is 10.1. The van der Waals surface area contributed by atoms with Crippen LogP contribution in [-0.2, 0) is 0 Å². The smallest absolute Gasteiger partial charge is 0.288 e. The number of nitro groups is 1. The van der Waals surface area contributed by atoms with Crippen LogP contribution in [0.1, 0.15) is 23.2 Å². The first-order chi connectivity index (χ1) is 9.58. The molecule has 0 aromatic carbocycles. The number of pyridine rings is 1. The van der Waals surface area contributed by atoms with E-state index >= 15 is 0 Å². The number of anilines is 1. The minimum atomic E-state index is -0.730. The highest BCUT2D eigenvalue weighted by atomic mass is 16.6. The number of nitrogens with two attached hydrogens (primary N) is 1. The zero-order valence-electron chi connectivity index (χ0n) is 11.0. The van der Waals surface area contributed by atoms with Crippen LogP contribution in [0.5, 0.6) is 0 Å². The number of nitrogens with one attached hydrogen (secondary N) is 2. The summed E-state index contributed by atoms with van der Waals surface area (Å²) in [6.45, 7) is 2.68. The van der Waals surface area contributed by atoms with E-state index in [1.807, 2.05) is 0 Å². The molecule has 4 N–H and O–H groups in total. The first-order valence-electron chi connectivity index (χ1n) is 6.46. The van der Waals surface area contributed by atoms with Crippen molar-refractivity contribution in [3.8, 4) is 0 Å². The summed E-state index contributed by atoms with van der Waals surface area (Å²) in [6, 6.07) is 1.15. The molecule has 1 aromatic rings. The molecule has 0 radical (unpaired) electrons. The van der Waals surface area contributed by atoms with Gasteiger partial charge in [0.05, 0.1) is 10.5 Å². The van der Waals surface area contributed by atoms with Crippen LogP contribution in [0.2, 0.25) is 0 Å². The minimum absolute atomic E-state index is 0.0451. The Kier molecular flexibility index (Phi) is 4.46. The predicted molar refractivity (Wildman–Crippen MR) is 73.5 cm³/mol. The van der Waals surface area contributed by atoms with Crippen LogP contribution in [0, 0.1) is 16.0 Å². The third-order valence-corrected chi connectivity index (χ3v) is 3.36. The van der Waals surface area contributed by atoms with E-state index in [1.54, 1.807) is 0 Å². The van der Waals surface area contributed by atoms with Gasteiger partial charge < -0.3 is 16.4 Å². The van der Waals surface area contributed by atoms with E-state index in [-0.39, 0.29) is 11.3 Å². The molecule has 108 valence electrons. The molecule has 2 rings (SSSR count). The van der Waals surface area contributed by atoms with Gasteiger partial charge in [0, 0.05) is 12.6 Å². The molecule has 1 aliphatic heterocycles. The number of primary amides is 1. The highest BCUT2D eigenvalue weighted by Crippen LogP contribution is 2.19. The zero-order chi connectivity index (χ0) is 14.5. The maximum absolute atomic E-state index is 11.3. The van der Waals surface area contributed by atoms with Gasteiger partial charge in [-0.25, -0.2) is 4.98 Å². The van der Waals surface area contributed by atoms with Crippen LogP contribution in [0.3, 0.4) is 0 Å². The third-order valence-electron chi connectivity index (χ3n) is 3.36. The van der Waals surface area contributed by atoms with Crippen molar-refractivity contribution >= 4 is 17.4 Å². The van der Waals surface area contributed by atoms with Gasteiger partial charge in [0.1, 0.15) is 12.0 Å². The number of amides is 1. The summed E-state index contributed by atoms with van der Waals surface area (Å²) in [4.78, 5) is 25.3. The summed E-state index contributed by atoms with van der Waals surface area (Å²) in [5.41, 5.74) is 5.03. The second-order valence-electron chi connectivity index (χ2n) is 4.79. The fraction of sp³-hybridized carbons (Fsp3) is 0.500. The Bertz CT molecular complexity index is 514. The Labute approximate surface area is 115 Å². The number of hydrogen-bond acceptors (Lipinski definition) is 6. The molecule has 1 aliphatic rings. The number of carbonyl (C=O) groups excluding carboxylic acids is 1. The van der Waals surface area contributed by atoms with Gasteiger partial charge in [-0.05, 0) is 31.8 Å². The van der Waals surface area contributed by atoms with Crippen LogP contribution in [0.4, 0.5) is 11.5 Å². The van der Waals surface area contributed by atoms with Gasteiger partial charge in [0.25, 0.3) is 11.6 Å². The lowest BCUT2D eigenvalue weighted by Gasteiger charge is -2.11. The average Bonchev–Trinajstić information content (AvgIpc) is 2.91. The Morgan fingerprint density at radius 1 is 1.65 bits per heavy atom. The van der Waals surface area contributed by atoms with Crippen LogP contribution in [-0.4, -0.2) is 35.4 Å². The second kappa shape index (κ2) is 6.29. The summed E-state index contributed by atoms with van der Waals surface area (Å²) in [6.07, 6.45) is 3.20. The number of carbonyl (C=O) groups is 1. The molecule has 0 aliphatic carbocycles. The van der Waals surface area contributed by atoms with Crippen LogP contribution < -0.4 is 16.4 Å². The Morgan fingerprint density at radius 2 is 2.45 bits per heavy atom. The Morgan fingerprint density at radius 3 is 3.05 bits per heavy atom. The molecule has 1 amide bonds. The fourth-order valence-electron chi connectivity index (χ4n) is 2.24. The number of hydrogen-bond donors (Lipinski definition) is 3. The second-order valence-corrected chi connectivity index (χ2v) is 4.79. The van der Waals surface area contributed by atoms with Crippen molar-refractivity contribution < 1.29 is 9.72 Å². The average molecular weight is 279 g/mol. The first kappa shape index (κ1) is 14.2. The van der Waals surface area contributed by atoms with Crippen LogP contribution >= 0.6 is 0 Å². The van der Waals surface area contributed by atoms with Crippen molar-refractivity contribution in [1.82, 2.24) is 10.3 Å².